The zero-order chi connectivity index (χ0) is 21.0. The van der Waals surface area contributed by atoms with E-state index in [1.165, 1.54) is 22.3 Å². The highest BCUT2D eigenvalue weighted by atomic mass is 32.1. The maximum Gasteiger partial charge on any atom is 0.407 e. The summed E-state index contributed by atoms with van der Waals surface area (Å²) in [7, 11) is 0. The van der Waals surface area contributed by atoms with E-state index in [0.29, 0.717) is 42.7 Å². The zero-order valence-electron chi connectivity index (χ0n) is 16.6. The van der Waals surface area contributed by atoms with Gasteiger partial charge >= 0.3 is 6.09 Å². The van der Waals surface area contributed by atoms with Gasteiger partial charge in [-0.15, -0.1) is 11.3 Å². The minimum atomic E-state index is -0.888. The minimum Gasteiger partial charge on any atom is -0.465 e. The van der Waals surface area contributed by atoms with E-state index >= 15 is 0 Å². The number of imidazole rings is 1. The summed E-state index contributed by atoms with van der Waals surface area (Å²) in [5.41, 5.74) is 4.41. The highest BCUT2D eigenvalue weighted by Gasteiger charge is 2.26. The quantitative estimate of drug-likeness (QED) is 0.507. The second-order valence-electron chi connectivity index (χ2n) is 7.76. The number of carbonyl (C=O) groups is 1. The number of hydrogen-bond acceptors (Lipinski definition) is 5. The van der Waals surface area contributed by atoms with E-state index in [-0.39, 0.29) is 11.7 Å². The van der Waals surface area contributed by atoms with Crippen LogP contribution in [-0.4, -0.2) is 48.8 Å². The Bertz CT molecular complexity index is 1290. The molecule has 0 spiro atoms. The fraction of sp³-hybridized carbons (Fsp3) is 0.333. The summed E-state index contributed by atoms with van der Waals surface area (Å²) in [4.78, 5) is 21.6. The number of likely N-dealkylation sites (tertiary alicyclic amines) is 1. The van der Waals surface area contributed by atoms with Gasteiger partial charge < -0.3 is 10.0 Å². The van der Waals surface area contributed by atoms with Crippen molar-refractivity contribution in [2.75, 3.05) is 13.1 Å². The molecule has 1 aliphatic heterocycles. The molecule has 1 aliphatic rings. The van der Waals surface area contributed by atoms with Gasteiger partial charge in [-0.3, -0.25) is 0 Å². The van der Waals surface area contributed by atoms with Crippen molar-refractivity contribution in [2.45, 2.75) is 32.6 Å². The van der Waals surface area contributed by atoms with Crippen LogP contribution in [0, 0.1) is 19.7 Å². The molecule has 1 fully saturated rings. The van der Waals surface area contributed by atoms with E-state index in [1.807, 2.05) is 32.2 Å². The van der Waals surface area contributed by atoms with E-state index in [2.05, 4.69) is 15.1 Å². The highest BCUT2D eigenvalue weighted by molar-refractivity contribution is 7.18. The lowest BCUT2D eigenvalue weighted by atomic mass is 9.98. The average Bonchev–Trinajstić information content (AvgIpc) is 3.31. The molecule has 0 saturated carbocycles. The second-order valence-corrected chi connectivity index (χ2v) is 8.83. The summed E-state index contributed by atoms with van der Waals surface area (Å²) in [6.07, 6.45) is 2.38. The molecule has 1 aromatic carbocycles. The fourth-order valence-electron chi connectivity index (χ4n) is 4.03. The summed E-state index contributed by atoms with van der Waals surface area (Å²) in [5.74, 6) is -0.208. The lowest BCUT2D eigenvalue weighted by molar-refractivity contribution is 0.132. The van der Waals surface area contributed by atoms with Crippen molar-refractivity contribution in [3.8, 4) is 11.3 Å². The molecule has 0 radical (unpaired) electrons. The summed E-state index contributed by atoms with van der Waals surface area (Å²) < 4.78 is 17.4. The van der Waals surface area contributed by atoms with E-state index in [0.717, 1.165) is 26.6 Å². The molecule has 4 heterocycles. The predicted molar refractivity (Wildman–Crippen MR) is 113 cm³/mol. The van der Waals surface area contributed by atoms with Gasteiger partial charge in [-0.25, -0.2) is 23.7 Å². The molecular formula is C21H20FN5O2S. The molecule has 3 aromatic heterocycles. The largest absolute Gasteiger partial charge is 0.465 e. The van der Waals surface area contributed by atoms with Gasteiger partial charge in [0.25, 0.3) is 0 Å². The molecule has 30 heavy (non-hydrogen) atoms. The van der Waals surface area contributed by atoms with Crippen molar-refractivity contribution in [3.63, 3.8) is 0 Å². The van der Waals surface area contributed by atoms with Gasteiger partial charge in [0, 0.05) is 24.6 Å². The molecule has 4 aromatic rings. The van der Waals surface area contributed by atoms with E-state index < -0.39 is 6.09 Å². The monoisotopic (exact) mass is 425 g/mol. The number of carboxylic acid groups (broad SMARTS) is 1. The van der Waals surface area contributed by atoms with E-state index in [1.54, 1.807) is 4.52 Å². The predicted octanol–water partition coefficient (Wildman–Crippen LogP) is 4.62. The van der Waals surface area contributed by atoms with Gasteiger partial charge in [0.1, 0.15) is 5.52 Å². The molecule has 1 saturated heterocycles. The SMILES string of the molecule is Cc1cn2nc(-c3cc(F)c4nc(C5CCN(C(=O)O)CC5)sc4c3)cc(C)c2n1. The summed E-state index contributed by atoms with van der Waals surface area (Å²) in [6, 6.07) is 5.34. The standard InChI is InChI=1S/C21H20FN5O2S/c1-11-7-16(25-27-10-12(2)23-19(11)27)14-8-15(22)18-17(9-14)30-20(24-18)13-3-5-26(6-4-13)21(28)29/h7-10,13H,3-6H2,1-2H3,(H,28,29). The van der Waals surface area contributed by atoms with E-state index in [4.69, 9.17) is 5.11 Å². The molecule has 0 unspecified atom stereocenters. The van der Waals surface area contributed by atoms with E-state index in [9.17, 15) is 9.18 Å². The molecular weight excluding hydrogens is 405 g/mol. The number of aryl methyl sites for hydroxylation is 2. The third kappa shape index (κ3) is 3.19. The number of thiazole rings is 1. The first-order chi connectivity index (χ1) is 14.4. The summed E-state index contributed by atoms with van der Waals surface area (Å²) >= 11 is 1.48. The Balaban J connectivity index is 1.51. The van der Waals surface area contributed by atoms with Gasteiger partial charge in [-0.05, 0) is 50.5 Å². The number of amides is 1. The third-order valence-electron chi connectivity index (χ3n) is 5.61. The minimum absolute atomic E-state index is 0.159. The molecule has 7 nitrogen and oxygen atoms in total. The van der Waals surface area contributed by atoms with Crippen molar-refractivity contribution < 1.29 is 14.3 Å². The van der Waals surface area contributed by atoms with Gasteiger partial charge in [-0.1, -0.05) is 0 Å². The molecule has 0 bridgehead atoms. The lowest BCUT2D eigenvalue weighted by Crippen LogP contribution is -2.36. The highest BCUT2D eigenvalue weighted by Crippen LogP contribution is 2.36. The van der Waals surface area contributed by atoms with Crippen LogP contribution in [0.15, 0.2) is 24.4 Å². The van der Waals surface area contributed by atoms with Crippen LogP contribution in [0.5, 0.6) is 0 Å². The topological polar surface area (TPSA) is 83.6 Å². The Labute approximate surface area is 175 Å². The Morgan fingerprint density at radius 3 is 2.70 bits per heavy atom. The first-order valence-electron chi connectivity index (χ1n) is 9.81. The number of aromatic nitrogens is 4. The number of halogens is 1. The van der Waals surface area contributed by atoms with Gasteiger partial charge in [0.05, 0.1) is 27.3 Å². The molecule has 1 N–H and O–H groups in total. The molecule has 9 heteroatoms. The maximum atomic E-state index is 14.9. The van der Waals surface area contributed by atoms with Crippen LogP contribution in [0.2, 0.25) is 0 Å². The fourth-order valence-corrected chi connectivity index (χ4v) is 5.22. The third-order valence-corrected chi connectivity index (χ3v) is 6.77. The normalized spacial score (nSPS) is 15.4. The van der Waals surface area contributed by atoms with Gasteiger partial charge in [-0.2, -0.15) is 5.10 Å². The van der Waals surface area contributed by atoms with Gasteiger partial charge in [0.2, 0.25) is 0 Å². The van der Waals surface area contributed by atoms with Crippen molar-refractivity contribution in [1.82, 2.24) is 24.5 Å². The number of hydrogen-bond donors (Lipinski definition) is 1. The molecule has 154 valence electrons. The molecule has 0 aliphatic carbocycles. The Morgan fingerprint density at radius 1 is 1.20 bits per heavy atom. The van der Waals surface area contributed by atoms with Crippen LogP contribution in [-0.2, 0) is 0 Å². The smallest absolute Gasteiger partial charge is 0.407 e. The lowest BCUT2D eigenvalue weighted by Gasteiger charge is -2.28. The first-order valence-corrected chi connectivity index (χ1v) is 10.6. The number of benzene rings is 1. The summed E-state index contributed by atoms with van der Waals surface area (Å²) in [5, 5.41) is 14.6. The molecule has 1 amide bonds. The van der Waals surface area contributed by atoms with Crippen LogP contribution in [0.3, 0.4) is 0 Å². The van der Waals surface area contributed by atoms with Crippen molar-refractivity contribution in [3.05, 3.63) is 46.5 Å². The number of nitrogens with zero attached hydrogens (tertiary/aromatic N) is 5. The summed E-state index contributed by atoms with van der Waals surface area (Å²) in [6.45, 7) is 4.85. The second kappa shape index (κ2) is 7.02. The van der Waals surface area contributed by atoms with Crippen LogP contribution >= 0.6 is 11.3 Å². The van der Waals surface area contributed by atoms with Crippen LogP contribution < -0.4 is 0 Å². The van der Waals surface area contributed by atoms with Crippen molar-refractivity contribution >= 4 is 33.3 Å². The van der Waals surface area contributed by atoms with Gasteiger partial charge in [0.15, 0.2) is 11.5 Å². The molecule has 0 atom stereocenters. The number of rotatable bonds is 2. The van der Waals surface area contributed by atoms with Crippen molar-refractivity contribution in [2.24, 2.45) is 0 Å². The number of piperidine rings is 1. The molecule has 5 rings (SSSR count). The maximum absolute atomic E-state index is 14.9. The average molecular weight is 425 g/mol. The van der Waals surface area contributed by atoms with Crippen LogP contribution in [0.25, 0.3) is 27.1 Å². The zero-order valence-corrected chi connectivity index (χ0v) is 17.4. The Hall–Kier alpha value is -3.07. The Morgan fingerprint density at radius 2 is 1.97 bits per heavy atom. The van der Waals surface area contributed by atoms with Crippen LogP contribution in [0.4, 0.5) is 9.18 Å². The van der Waals surface area contributed by atoms with Crippen LogP contribution in [0.1, 0.15) is 35.0 Å². The number of fused-ring (bicyclic) bond motifs is 2. The van der Waals surface area contributed by atoms with Crippen molar-refractivity contribution in [1.29, 1.82) is 0 Å². The Kier molecular flexibility index (Phi) is 4.43. The first kappa shape index (κ1) is 18.9.